The van der Waals surface area contributed by atoms with Gasteiger partial charge in [-0.15, -0.1) is 0 Å². The second-order valence-electron chi connectivity index (χ2n) is 4.49. The summed E-state index contributed by atoms with van der Waals surface area (Å²) >= 11 is 0. The number of hydrogen-bond acceptors (Lipinski definition) is 4. The van der Waals surface area contributed by atoms with E-state index in [0.717, 1.165) is 0 Å². The van der Waals surface area contributed by atoms with Crippen molar-refractivity contribution in [1.82, 2.24) is 5.32 Å². The molecule has 0 aromatic carbocycles. The second-order valence-corrected chi connectivity index (χ2v) is 4.49. The minimum absolute atomic E-state index is 0.175. The Balaban J connectivity index is 0.000000635. The fraction of sp³-hybridized carbons (Fsp3) is 0.818. The van der Waals surface area contributed by atoms with E-state index >= 15 is 0 Å². The first-order chi connectivity index (χ1) is 7.35. The third kappa shape index (κ3) is 12.7. The number of methoxy groups -OCH3 is 1. The Labute approximate surface area is 96.5 Å². The molecule has 16 heavy (non-hydrogen) atoms. The molecule has 0 unspecified atom stereocenters. The van der Waals surface area contributed by atoms with E-state index in [0.29, 0.717) is 0 Å². The summed E-state index contributed by atoms with van der Waals surface area (Å²) in [6.45, 7) is 5.05. The van der Waals surface area contributed by atoms with Crippen molar-refractivity contribution in [1.29, 1.82) is 0 Å². The van der Waals surface area contributed by atoms with Gasteiger partial charge in [0.15, 0.2) is 0 Å². The lowest BCUT2D eigenvalue weighted by molar-refractivity contribution is -0.139. The molecule has 1 N–H and O–H groups in total. The van der Waals surface area contributed by atoms with Gasteiger partial charge in [-0.2, -0.15) is 0 Å². The molecule has 5 nitrogen and oxygen atoms in total. The van der Waals surface area contributed by atoms with E-state index in [2.05, 4.69) is 10.1 Å². The van der Waals surface area contributed by atoms with Gasteiger partial charge in [-0.1, -0.05) is 19.3 Å². The minimum Gasteiger partial charge on any atom is -0.468 e. The van der Waals surface area contributed by atoms with E-state index in [9.17, 15) is 9.59 Å². The molecule has 0 spiro atoms. The highest BCUT2D eigenvalue weighted by Gasteiger charge is 2.16. The van der Waals surface area contributed by atoms with Crippen molar-refractivity contribution >= 4 is 12.1 Å². The average Bonchev–Trinajstić information content (AvgIpc) is 2.97. The first-order valence-corrected chi connectivity index (χ1v) is 5.39. The Bertz CT molecular complexity index is 228. The fourth-order valence-electron chi connectivity index (χ4n) is 0.531. The van der Waals surface area contributed by atoms with Gasteiger partial charge in [0, 0.05) is 0 Å². The summed E-state index contributed by atoms with van der Waals surface area (Å²) in [4.78, 5) is 21.5. The first-order valence-electron chi connectivity index (χ1n) is 5.39. The largest absolute Gasteiger partial charge is 0.468 e. The van der Waals surface area contributed by atoms with Crippen LogP contribution in [0.25, 0.3) is 0 Å². The molecular formula is C11H21NO4. The molecule has 0 aromatic heterocycles. The van der Waals surface area contributed by atoms with Crippen molar-refractivity contribution in [3.63, 3.8) is 0 Å². The summed E-state index contributed by atoms with van der Waals surface area (Å²) in [6, 6.07) is 0. The number of carbonyl (C=O) groups excluding carboxylic acids is 2. The Morgan fingerprint density at radius 1 is 1.19 bits per heavy atom. The van der Waals surface area contributed by atoms with Crippen molar-refractivity contribution in [2.24, 2.45) is 0 Å². The fourth-order valence-corrected chi connectivity index (χ4v) is 0.531. The zero-order valence-electron chi connectivity index (χ0n) is 10.5. The van der Waals surface area contributed by atoms with Gasteiger partial charge in [0.25, 0.3) is 0 Å². The molecule has 94 valence electrons. The predicted octanol–water partition coefficient (Wildman–Crippen LogP) is 1.85. The van der Waals surface area contributed by atoms with Crippen LogP contribution in [0.15, 0.2) is 0 Å². The molecule has 1 rings (SSSR count). The highest BCUT2D eigenvalue weighted by Crippen LogP contribution is 2.14. The number of rotatable bonds is 2. The van der Waals surface area contributed by atoms with Crippen LogP contribution in [0.3, 0.4) is 0 Å². The highest BCUT2D eigenvalue weighted by atomic mass is 16.6. The number of amides is 1. The van der Waals surface area contributed by atoms with E-state index in [1.165, 1.54) is 26.4 Å². The van der Waals surface area contributed by atoms with Gasteiger partial charge in [-0.25, -0.2) is 4.79 Å². The molecule has 0 aliphatic heterocycles. The molecule has 1 fully saturated rings. The summed E-state index contributed by atoms with van der Waals surface area (Å²) in [5.41, 5.74) is -0.555. The van der Waals surface area contributed by atoms with Gasteiger partial charge in [-0.3, -0.25) is 4.79 Å². The van der Waals surface area contributed by atoms with Crippen LogP contribution in [0.1, 0.15) is 40.0 Å². The maximum atomic E-state index is 10.9. The Morgan fingerprint density at radius 2 is 1.69 bits per heavy atom. The summed E-state index contributed by atoms with van der Waals surface area (Å²) in [5.74, 6) is -0.508. The summed E-state index contributed by atoms with van der Waals surface area (Å²) in [6.07, 6.45) is 3.87. The average molecular weight is 231 g/mol. The lowest BCUT2D eigenvalue weighted by atomic mass is 10.2. The van der Waals surface area contributed by atoms with Crippen LogP contribution < -0.4 is 5.32 Å². The maximum absolute atomic E-state index is 10.9. The summed E-state index contributed by atoms with van der Waals surface area (Å²) in [5, 5.41) is 2.25. The number of carbonyl (C=O) groups is 2. The third-order valence-corrected chi connectivity index (χ3v) is 1.36. The van der Waals surface area contributed by atoms with E-state index < -0.39 is 17.7 Å². The zero-order chi connectivity index (χ0) is 12.6. The number of nitrogens with one attached hydrogen (secondary N) is 1. The minimum atomic E-state index is -0.627. The Morgan fingerprint density at radius 3 is 2.00 bits per heavy atom. The zero-order valence-corrected chi connectivity index (χ0v) is 10.5. The molecule has 0 radical (unpaired) electrons. The van der Waals surface area contributed by atoms with Crippen molar-refractivity contribution < 1.29 is 19.1 Å². The van der Waals surface area contributed by atoms with Crippen LogP contribution in [-0.2, 0) is 14.3 Å². The topological polar surface area (TPSA) is 64.6 Å². The second kappa shape index (κ2) is 7.09. The van der Waals surface area contributed by atoms with Crippen LogP contribution in [0.5, 0.6) is 0 Å². The lowest BCUT2D eigenvalue weighted by Gasteiger charge is -2.19. The molecule has 0 heterocycles. The monoisotopic (exact) mass is 231 g/mol. The standard InChI is InChI=1S/C8H15NO4.C3H6/c1-8(2,3)13-7(11)9-5-6(10)12-4;1-2-3-1/h5H2,1-4H3,(H,9,11);1-3H2. The van der Waals surface area contributed by atoms with E-state index in [-0.39, 0.29) is 6.54 Å². The van der Waals surface area contributed by atoms with Crippen LogP contribution in [0.2, 0.25) is 0 Å². The number of alkyl carbamates (subject to hydrolysis) is 1. The van der Waals surface area contributed by atoms with Crippen LogP contribution in [0.4, 0.5) is 4.79 Å². The molecule has 1 aliphatic carbocycles. The number of ether oxygens (including phenoxy) is 2. The normalized spacial score (nSPS) is 13.0. The van der Waals surface area contributed by atoms with Gasteiger partial charge >= 0.3 is 12.1 Å². The van der Waals surface area contributed by atoms with Crippen LogP contribution in [0, 0.1) is 0 Å². The molecule has 0 atom stereocenters. The first kappa shape index (κ1) is 14.7. The lowest BCUT2D eigenvalue weighted by Crippen LogP contribution is -2.35. The SMILES string of the molecule is C1CC1.COC(=O)CNC(=O)OC(C)(C)C. The van der Waals surface area contributed by atoms with Crippen molar-refractivity contribution in [2.45, 2.75) is 45.6 Å². The third-order valence-electron chi connectivity index (χ3n) is 1.36. The summed E-state index contributed by atoms with van der Waals surface area (Å²) < 4.78 is 9.20. The highest BCUT2D eigenvalue weighted by molar-refractivity contribution is 5.77. The van der Waals surface area contributed by atoms with E-state index in [1.54, 1.807) is 20.8 Å². The van der Waals surface area contributed by atoms with Gasteiger partial charge in [0.05, 0.1) is 7.11 Å². The van der Waals surface area contributed by atoms with Crippen molar-refractivity contribution in [3.8, 4) is 0 Å². The summed E-state index contributed by atoms with van der Waals surface area (Å²) in [7, 11) is 1.25. The van der Waals surface area contributed by atoms with Gasteiger partial charge in [0.1, 0.15) is 12.1 Å². The Hall–Kier alpha value is -1.26. The quantitative estimate of drug-likeness (QED) is 0.737. The smallest absolute Gasteiger partial charge is 0.408 e. The molecule has 1 aliphatic rings. The maximum Gasteiger partial charge on any atom is 0.408 e. The van der Waals surface area contributed by atoms with Gasteiger partial charge in [-0.05, 0) is 20.8 Å². The van der Waals surface area contributed by atoms with Crippen LogP contribution >= 0.6 is 0 Å². The number of hydrogen-bond donors (Lipinski definition) is 1. The molecule has 1 amide bonds. The molecule has 0 aromatic rings. The predicted molar refractivity (Wildman–Crippen MR) is 60.1 cm³/mol. The van der Waals surface area contributed by atoms with Gasteiger partial charge < -0.3 is 14.8 Å². The van der Waals surface area contributed by atoms with E-state index in [1.807, 2.05) is 0 Å². The molecule has 0 saturated heterocycles. The molecule has 1 saturated carbocycles. The molecular weight excluding hydrogens is 210 g/mol. The van der Waals surface area contributed by atoms with Gasteiger partial charge in [0.2, 0.25) is 0 Å². The molecule has 5 heteroatoms. The van der Waals surface area contributed by atoms with Crippen molar-refractivity contribution in [3.05, 3.63) is 0 Å². The Kier molecular flexibility index (Phi) is 6.53. The van der Waals surface area contributed by atoms with Crippen LogP contribution in [-0.4, -0.2) is 31.3 Å². The number of esters is 1. The molecule has 0 bridgehead atoms. The van der Waals surface area contributed by atoms with E-state index in [4.69, 9.17) is 4.74 Å². The van der Waals surface area contributed by atoms with Crippen molar-refractivity contribution in [2.75, 3.05) is 13.7 Å².